The van der Waals surface area contributed by atoms with E-state index in [0.29, 0.717) is 13.0 Å². The fourth-order valence-electron chi connectivity index (χ4n) is 2.70. The van der Waals surface area contributed by atoms with Gasteiger partial charge in [-0.05, 0) is 42.0 Å². The minimum absolute atomic E-state index is 0.0185. The van der Waals surface area contributed by atoms with Gasteiger partial charge < -0.3 is 19.7 Å². The fraction of sp³-hybridized carbons (Fsp3) is 0.350. The zero-order valence-corrected chi connectivity index (χ0v) is 15.3. The van der Waals surface area contributed by atoms with Crippen molar-refractivity contribution in [2.24, 2.45) is 0 Å². The molecular weight excluding hydrogens is 316 g/mol. The zero-order chi connectivity index (χ0) is 18.2. The molecule has 0 radical (unpaired) electrons. The molecule has 0 fully saturated rings. The van der Waals surface area contributed by atoms with Crippen molar-refractivity contribution in [2.75, 3.05) is 34.9 Å². The average Bonchev–Trinajstić information content (AvgIpc) is 2.62. The Labute approximate surface area is 149 Å². The highest BCUT2D eigenvalue weighted by atomic mass is 16.5. The third-order valence-corrected chi connectivity index (χ3v) is 4.24. The molecule has 0 saturated carbocycles. The van der Waals surface area contributed by atoms with Gasteiger partial charge >= 0.3 is 0 Å². The number of likely N-dealkylation sites (N-methyl/N-ethyl adjacent to an activating group) is 1. The van der Waals surface area contributed by atoms with Crippen molar-refractivity contribution in [1.82, 2.24) is 5.32 Å². The van der Waals surface area contributed by atoms with Crippen LogP contribution in [0.3, 0.4) is 0 Å². The third kappa shape index (κ3) is 5.50. The minimum atomic E-state index is 0.0185. The zero-order valence-electron chi connectivity index (χ0n) is 15.3. The van der Waals surface area contributed by atoms with Crippen LogP contribution in [0.5, 0.6) is 11.5 Å². The van der Waals surface area contributed by atoms with E-state index >= 15 is 0 Å². The van der Waals surface area contributed by atoms with Crippen molar-refractivity contribution in [3.8, 4) is 11.5 Å². The van der Waals surface area contributed by atoms with E-state index in [4.69, 9.17) is 9.47 Å². The lowest BCUT2D eigenvalue weighted by Gasteiger charge is -2.22. The Kier molecular flexibility index (Phi) is 6.83. The molecule has 0 unspecified atom stereocenters. The normalized spacial score (nSPS) is 11.9. The Balaban J connectivity index is 1.93. The first-order valence-corrected chi connectivity index (χ1v) is 8.37. The van der Waals surface area contributed by atoms with E-state index in [2.05, 4.69) is 19.4 Å². The standard InChI is InChI=1S/C20H26N2O3/c1-22(2)19(16-7-11-18(25-4)12-8-16)14-21-20(23)13-15-5-9-17(24-3)10-6-15/h5-12,19H,13-14H2,1-4H3,(H,21,23)/p+1/t19-/m0/s1. The summed E-state index contributed by atoms with van der Waals surface area (Å²) in [4.78, 5) is 13.5. The summed E-state index contributed by atoms with van der Waals surface area (Å²) in [6.45, 7) is 0.587. The van der Waals surface area contributed by atoms with E-state index in [-0.39, 0.29) is 11.9 Å². The molecule has 2 aromatic carbocycles. The number of quaternary nitrogens is 1. The van der Waals surface area contributed by atoms with Crippen LogP contribution >= 0.6 is 0 Å². The van der Waals surface area contributed by atoms with Gasteiger partial charge in [0.15, 0.2) is 0 Å². The van der Waals surface area contributed by atoms with Gasteiger partial charge in [0.05, 0.1) is 41.3 Å². The highest BCUT2D eigenvalue weighted by Crippen LogP contribution is 2.16. The van der Waals surface area contributed by atoms with Gasteiger partial charge in [-0.25, -0.2) is 0 Å². The van der Waals surface area contributed by atoms with E-state index in [0.717, 1.165) is 17.1 Å². The van der Waals surface area contributed by atoms with Crippen LogP contribution in [0.15, 0.2) is 48.5 Å². The molecule has 134 valence electrons. The van der Waals surface area contributed by atoms with Crippen LogP contribution in [0.25, 0.3) is 0 Å². The fourth-order valence-corrected chi connectivity index (χ4v) is 2.70. The Morgan fingerprint density at radius 1 is 0.960 bits per heavy atom. The maximum atomic E-state index is 12.3. The van der Waals surface area contributed by atoms with Crippen LogP contribution < -0.4 is 19.7 Å². The maximum Gasteiger partial charge on any atom is 0.224 e. The molecule has 2 rings (SSSR count). The van der Waals surface area contributed by atoms with Crippen LogP contribution in [0.1, 0.15) is 17.2 Å². The highest BCUT2D eigenvalue weighted by Gasteiger charge is 2.19. The van der Waals surface area contributed by atoms with E-state index in [1.165, 1.54) is 10.5 Å². The predicted molar refractivity (Wildman–Crippen MR) is 98.3 cm³/mol. The quantitative estimate of drug-likeness (QED) is 0.758. The van der Waals surface area contributed by atoms with Crippen molar-refractivity contribution in [2.45, 2.75) is 12.5 Å². The summed E-state index contributed by atoms with van der Waals surface area (Å²) >= 11 is 0. The Morgan fingerprint density at radius 3 is 1.96 bits per heavy atom. The second kappa shape index (κ2) is 9.08. The number of amides is 1. The lowest BCUT2D eigenvalue weighted by atomic mass is 10.1. The lowest BCUT2D eigenvalue weighted by molar-refractivity contribution is -0.890. The Morgan fingerprint density at radius 2 is 1.48 bits per heavy atom. The number of benzene rings is 2. The largest absolute Gasteiger partial charge is 0.497 e. The summed E-state index contributed by atoms with van der Waals surface area (Å²) < 4.78 is 10.3. The average molecular weight is 343 g/mol. The predicted octanol–water partition coefficient (Wildman–Crippen LogP) is 1.25. The molecule has 0 aliphatic rings. The maximum absolute atomic E-state index is 12.3. The highest BCUT2D eigenvalue weighted by molar-refractivity contribution is 5.78. The topological polar surface area (TPSA) is 52.0 Å². The van der Waals surface area contributed by atoms with E-state index in [1.54, 1.807) is 14.2 Å². The summed E-state index contributed by atoms with van der Waals surface area (Å²) in [7, 11) is 7.46. The molecule has 0 aromatic heterocycles. The van der Waals surface area contributed by atoms with Crippen LogP contribution in [0, 0.1) is 0 Å². The Bertz CT molecular complexity index is 666. The van der Waals surface area contributed by atoms with E-state index in [1.807, 2.05) is 48.5 Å². The van der Waals surface area contributed by atoms with Crippen molar-refractivity contribution >= 4 is 5.91 Å². The first-order valence-electron chi connectivity index (χ1n) is 8.37. The summed E-state index contributed by atoms with van der Waals surface area (Å²) in [5.41, 5.74) is 2.14. The first-order chi connectivity index (χ1) is 12.0. The number of rotatable bonds is 8. The number of hydrogen-bond donors (Lipinski definition) is 2. The summed E-state index contributed by atoms with van der Waals surface area (Å²) in [5, 5.41) is 3.05. The molecule has 2 N–H and O–H groups in total. The summed E-state index contributed by atoms with van der Waals surface area (Å²) in [6, 6.07) is 15.7. The molecule has 5 heteroatoms. The molecule has 0 heterocycles. The molecule has 0 spiro atoms. The molecule has 0 aliphatic heterocycles. The molecule has 0 aliphatic carbocycles. The van der Waals surface area contributed by atoms with Gasteiger partial charge in [-0.3, -0.25) is 4.79 Å². The van der Waals surface area contributed by atoms with Crippen LogP contribution in [-0.2, 0) is 11.2 Å². The Hall–Kier alpha value is -2.53. The van der Waals surface area contributed by atoms with Crippen LogP contribution in [0.4, 0.5) is 0 Å². The molecule has 5 nitrogen and oxygen atoms in total. The number of carbonyl (C=O) groups excluding carboxylic acids is 1. The van der Waals surface area contributed by atoms with Crippen molar-refractivity contribution < 1.29 is 19.2 Å². The van der Waals surface area contributed by atoms with Crippen molar-refractivity contribution in [3.63, 3.8) is 0 Å². The van der Waals surface area contributed by atoms with Gasteiger partial charge in [0.25, 0.3) is 0 Å². The van der Waals surface area contributed by atoms with Gasteiger partial charge in [0.2, 0.25) is 5.91 Å². The number of carbonyl (C=O) groups is 1. The molecular formula is C20H27N2O3+. The second-order valence-corrected chi connectivity index (χ2v) is 6.23. The molecule has 0 saturated heterocycles. The van der Waals surface area contributed by atoms with Gasteiger partial charge in [0.1, 0.15) is 17.5 Å². The van der Waals surface area contributed by atoms with E-state index < -0.39 is 0 Å². The van der Waals surface area contributed by atoms with Crippen molar-refractivity contribution in [3.05, 3.63) is 59.7 Å². The van der Waals surface area contributed by atoms with Crippen molar-refractivity contribution in [1.29, 1.82) is 0 Å². The van der Waals surface area contributed by atoms with E-state index in [9.17, 15) is 4.79 Å². The summed E-state index contributed by atoms with van der Waals surface area (Å²) in [6.07, 6.45) is 0.363. The number of ether oxygens (including phenoxy) is 2. The monoisotopic (exact) mass is 343 g/mol. The molecule has 25 heavy (non-hydrogen) atoms. The van der Waals surface area contributed by atoms with Crippen LogP contribution in [-0.4, -0.2) is 40.8 Å². The number of hydrogen-bond acceptors (Lipinski definition) is 3. The minimum Gasteiger partial charge on any atom is -0.497 e. The SMILES string of the molecule is COc1ccc(CC(=O)NC[C@@H](c2ccc(OC)cc2)[NH+](C)C)cc1. The lowest BCUT2D eigenvalue weighted by Crippen LogP contribution is -3.07. The summed E-state index contributed by atoms with van der Waals surface area (Å²) in [5.74, 6) is 1.64. The third-order valence-electron chi connectivity index (χ3n) is 4.24. The van der Waals surface area contributed by atoms with Crippen LogP contribution in [0.2, 0.25) is 0 Å². The first kappa shape index (κ1) is 18.8. The molecule has 1 atom stereocenters. The van der Waals surface area contributed by atoms with Gasteiger partial charge in [0, 0.05) is 5.56 Å². The van der Waals surface area contributed by atoms with Gasteiger partial charge in [-0.1, -0.05) is 12.1 Å². The molecule has 1 amide bonds. The molecule has 2 aromatic rings. The second-order valence-electron chi connectivity index (χ2n) is 6.23. The smallest absolute Gasteiger partial charge is 0.224 e. The molecule has 0 bridgehead atoms. The number of methoxy groups -OCH3 is 2. The number of nitrogens with one attached hydrogen (secondary N) is 2. The van der Waals surface area contributed by atoms with Gasteiger partial charge in [-0.2, -0.15) is 0 Å². The van der Waals surface area contributed by atoms with Gasteiger partial charge in [-0.15, -0.1) is 0 Å².